The number of furan rings is 1. The second-order valence-corrected chi connectivity index (χ2v) is 18.4. The van der Waals surface area contributed by atoms with E-state index in [-0.39, 0.29) is 0 Å². The fourth-order valence-electron chi connectivity index (χ4n) is 11.6. The van der Waals surface area contributed by atoms with Gasteiger partial charge in [0.25, 0.3) is 0 Å². The first-order valence-corrected chi connectivity index (χ1v) is 24.1. The first-order valence-electron chi connectivity index (χ1n) is 24.1. The zero-order chi connectivity index (χ0) is 46.2. The Hall–Kier alpha value is -9.18. The molecule has 3 heteroatoms. The van der Waals surface area contributed by atoms with Crippen LogP contribution >= 0.6 is 0 Å². The molecule has 13 aromatic rings. The van der Waals surface area contributed by atoms with Crippen molar-refractivity contribution < 1.29 is 4.42 Å². The van der Waals surface area contributed by atoms with E-state index in [4.69, 9.17) is 4.42 Å². The number of anilines is 3. The molecule has 2 heterocycles. The van der Waals surface area contributed by atoms with Crippen molar-refractivity contribution in [1.29, 1.82) is 0 Å². The van der Waals surface area contributed by atoms with Crippen LogP contribution in [0.4, 0.5) is 17.1 Å². The minimum Gasteiger partial charge on any atom is -0.455 e. The minimum atomic E-state index is -0.428. The molecule has 1 aliphatic carbocycles. The van der Waals surface area contributed by atoms with Crippen molar-refractivity contribution in [2.75, 3.05) is 4.90 Å². The minimum absolute atomic E-state index is 0.428. The van der Waals surface area contributed by atoms with Crippen molar-refractivity contribution in [1.82, 2.24) is 4.57 Å². The van der Waals surface area contributed by atoms with Gasteiger partial charge in [0.2, 0.25) is 0 Å². The van der Waals surface area contributed by atoms with Crippen LogP contribution in [0.5, 0.6) is 0 Å². The lowest BCUT2D eigenvalue weighted by atomic mass is 9.67. The summed E-state index contributed by atoms with van der Waals surface area (Å²) in [5, 5.41) is 4.76. The number of rotatable bonds is 8. The van der Waals surface area contributed by atoms with Gasteiger partial charge in [-0.15, -0.1) is 0 Å². The van der Waals surface area contributed by atoms with E-state index in [1.807, 2.05) is 12.1 Å². The lowest BCUT2D eigenvalue weighted by molar-refractivity contribution is 0.670. The van der Waals surface area contributed by atoms with Gasteiger partial charge in [-0.3, -0.25) is 0 Å². The standard InChI is InChI=1S/C67H44N2O/c1-3-16-48(17-4-1)67(49-18-5-2-6-19-49)61-26-11-7-20-55(61)60-44-47(34-43-62(60)67)45-30-35-50(36-31-45)68(51-37-32-46(33-38-51)54-24-15-25-59-58-23-10-14-29-65(58)70-66(54)59)52-39-41-53(42-40-52)69-63-27-12-8-21-56(63)57-22-9-13-28-64(57)69/h1-44H. The largest absolute Gasteiger partial charge is 0.455 e. The Kier molecular flexibility index (Phi) is 9.11. The molecule has 0 atom stereocenters. The molecule has 328 valence electrons. The topological polar surface area (TPSA) is 21.3 Å². The molecule has 0 spiro atoms. The van der Waals surface area contributed by atoms with E-state index < -0.39 is 5.41 Å². The van der Waals surface area contributed by atoms with Gasteiger partial charge in [-0.2, -0.15) is 0 Å². The average molecular weight is 893 g/mol. The molecule has 0 fully saturated rings. The van der Waals surface area contributed by atoms with Gasteiger partial charge < -0.3 is 13.9 Å². The Balaban J connectivity index is 0.872. The smallest absolute Gasteiger partial charge is 0.143 e. The predicted octanol–water partition coefficient (Wildman–Crippen LogP) is 17.8. The monoisotopic (exact) mass is 892 g/mol. The SMILES string of the molecule is c1ccc(C2(c3ccccc3)c3ccccc3-c3cc(-c4ccc(N(c5ccc(-c6cccc7c6oc6ccccc67)cc5)c5ccc(-n6c7ccccc7c7ccccc76)cc5)cc4)ccc32)cc1. The van der Waals surface area contributed by atoms with Crippen LogP contribution in [0.25, 0.3) is 82.8 Å². The third-order valence-electron chi connectivity index (χ3n) is 14.7. The molecule has 0 bridgehead atoms. The summed E-state index contributed by atoms with van der Waals surface area (Å²) < 4.78 is 8.85. The maximum Gasteiger partial charge on any atom is 0.143 e. The summed E-state index contributed by atoms with van der Waals surface area (Å²) in [7, 11) is 0. The summed E-state index contributed by atoms with van der Waals surface area (Å²) in [6, 6.07) is 97.1. The van der Waals surface area contributed by atoms with Crippen molar-refractivity contribution in [3.8, 4) is 39.1 Å². The van der Waals surface area contributed by atoms with E-state index in [9.17, 15) is 0 Å². The van der Waals surface area contributed by atoms with Gasteiger partial charge in [-0.1, -0.05) is 194 Å². The van der Waals surface area contributed by atoms with Gasteiger partial charge in [-0.05, 0) is 123 Å². The van der Waals surface area contributed by atoms with Gasteiger partial charge >= 0.3 is 0 Å². The summed E-state index contributed by atoms with van der Waals surface area (Å²) in [4.78, 5) is 2.36. The van der Waals surface area contributed by atoms with Crippen LogP contribution in [-0.4, -0.2) is 4.57 Å². The maximum atomic E-state index is 6.48. The molecule has 0 saturated carbocycles. The molecule has 0 radical (unpaired) electrons. The predicted molar refractivity (Wildman–Crippen MR) is 291 cm³/mol. The number of aromatic nitrogens is 1. The fourth-order valence-corrected chi connectivity index (χ4v) is 11.6. The van der Waals surface area contributed by atoms with Crippen molar-refractivity contribution in [2.24, 2.45) is 0 Å². The quantitative estimate of drug-likeness (QED) is 0.152. The molecular formula is C67H44N2O. The first-order chi connectivity index (χ1) is 34.7. The number of fused-ring (bicyclic) bond motifs is 9. The maximum absolute atomic E-state index is 6.48. The van der Waals surface area contributed by atoms with Crippen LogP contribution in [-0.2, 0) is 5.41 Å². The summed E-state index contributed by atoms with van der Waals surface area (Å²) in [6.07, 6.45) is 0. The summed E-state index contributed by atoms with van der Waals surface area (Å²) in [5.74, 6) is 0. The fraction of sp³-hybridized carbons (Fsp3) is 0.0149. The van der Waals surface area contributed by atoms with E-state index in [1.54, 1.807) is 0 Å². The van der Waals surface area contributed by atoms with Gasteiger partial charge in [0, 0.05) is 49.9 Å². The van der Waals surface area contributed by atoms with Crippen LogP contribution in [0, 0.1) is 0 Å². The Morgan fingerprint density at radius 3 is 1.47 bits per heavy atom. The van der Waals surface area contributed by atoms with E-state index in [0.29, 0.717) is 0 Å². The lowest BCUT2D eigenvalue weighted by Gasteiger charge is -2.33. The number of para-hydroxylation sites is 4. The van der Waals surface area contributed by atoms with Gasteiger partial charge in [-0.25, -0.2) is 0 Å². The second kappa shape index (κ2) is 16.0. The molecule has 70 heavy (non-hydrogen) atoms. The number of benzene rings is 11. The van der Waals surface area contributed by atoms with Crippen molar-refractivity contribution in [3.05, 3.63) is 289 Å². The molecule has 0 unspecified atom stereocenters. The van der Waals surface area contributed by atoms with Gasteiger partial charge in [0.1, 0.15) is 11.2 Å². The highest BCUT2D eigenvalue weighted by atomic mass is 16.3. The number of nitrogens with zero attached hydrogens (tertiary/aromatic N) is 2. The zero-order valence-electron chi connectivity index (χ0n) is 38.2. The van der Waals surface area contributed by atoms with Gasteiger partial charge in [0.05, 0.1) is 16.4 Å². The molecule has 14 rings (SSSR count). The van der Waals surface area contributed by atoms with Crippen LogP contribution in [0.2, 0.25) is 0 Å². The summed E-state index contributed by atoms with van der Waals surface area (Å²) in [6.45, 7) is 0. The highest BCUT2D eigenvalue weighted by molar-refractivity contribution is 6.10. The molecule has 0 aliphatic heterocycles. The van der Waals surface area contributed by atoms with Crippen molar-refractivity contribution in [3.63, 3.8) is 0 Å². The molecule has 0 amide bonds. The van der Waals surface area contributed by atoms with E-state index in [1.165, 1.54) is 60.8 Å². The molecule has 2 aromatic heterocycles. The summed E-state index contributed by atoms with van der Waals surface area (Å²) >= 11 is 0. The average Bonchev–Trinajstić information content (AvgIpc) is 4.09. The Labute approximate surface area is 406 Å². The van der Waals surface area contributed by atoms with Crippen molar-refractivity contribution in [2.45, 2.75) is 5.41 Å². The van der Waals surface area contributed by atoms with Crippen LogP contribution in [0.1, 0.15) is 22.3 Å². The third kappa shape index (κ3) is 6.08. The molecular weight excluding hydrogens is 849 g/mol. The van der Waals surface area contributed by atoms with E-state index in [0.717, 1.165) is 61.4 Å². The van der Waals surface area contributed by atoms with Crippen LogP contribution in [0.15, 0.2) is 271 Å². The number of hydrogen-bond acceptors (Lipinski definition) is 2. The lowest BCUT2D eigenvalue weighted by Crippen LogP contribution is -2.28. The van der Waals surface area contributed by atoms with Crippen LogP contribution in [0.3, 0.4) is 0 Å². The van der Waals surface area contributed by atoms with E-state index in [2.05, 4.69) is 264 Å². The first kappa shape index (κ1) is 39.9. The highest BCUT2D eigenvalue weighted by Crippen LogP contribution is 2.56. The molecule has 3 nitrogen and oxygen atoms in total. The molecule has 11 aromatic carbocycles. The molecule has 1 aliphatic rings. The normalized spacial score (nSPS) is 12.7. The second-order valence-electron chi connectivity index (χ2n) is 18.4. The van der Waals surface area contributed by atoms with E-state index >= 15 is 0 Å². The summed E-state index contributed by atoms with van der Waals surface area (Å²) in [5.41, 5.74) is 20.3. The van der Waals surface area contributed by atoms with Crippen LogP contribution < -0.4 is 4.90 Å². The Morgan fingerprint density at radius 1 is 0.329 bits per heavy atom. The zero-order valence-corrected chi connectivity index (χ0v) is 38.2. The Morgan fingerprint density at radius 2 is 0.814 bits per heavy atom. The van der Waals surface area contributed by atoms with Crippen molar-refractivity contribution >= 4 is 60.8 Å². The third-order valence-corrected chi connectivity index (χ3v) is 14.7. The Bertz CT molecular complexity index is 4000. The highest BCUT2D eigenvalue weighted by Gasteiger charge is 2.46. The van der Waals surface area contributed by atoms with Gasteiger partial charge in [0.15, 0.2) is 0 Å². The molecule has 0 saturated heterocycles. The molecule has 0 N–H and O–H groups in total. The number of hydrogen-bond donors (Lipinski definition) is 0.